The standard InChI is InChI=1S/C24H19N5OS/c1-2-16-7-9-17(10-8-16)11-20-15-27-24(31-20)29-23(30)18(13-25)12-19-14-26-21-5-3-4-6-22(21)28-19/h3-10,12,14-15H,2,11H2,1H3,(H,27,29,30). The Bertz CT molecular complexity index is 1300. The Morgan fingerprint density at radius 2 is 1.81 bits per heavy atom. The molecule has 0 bridgehead atoms. The maximum absolute atomic E-state index is 12.6. The molecule has 2 heterocycles. The monoisotopic (exact) mass is 425 g/mol. The van der Waals surface area contributed by atoms with Gasteiger partial charge in [-0.2, -0.15) is 5.26 Å². The molecule has 4 rings (SSSR count). The van der Waals surface area contributed by atoms with E-state index in [9.17, 15) is 10.1 Å². The van der Waals surface area contributed by atoms with Gasteiger partial charge in [0.05, 0.1) is 22.9 Å². The van der Waals surface area contributed by atoms with Gasteiger partial charge in [0.2, 0.25) is 0 Å². The second kappa shape index (κ2) is 9.28. The summed E-state index contributed by atoms with van der Waals surface area (Å²) < 4.78 is 0. The van der Waals surface area contributed by atoms with Crippen LogP contribution in [0, 0.1) is 11.3 Å². The van der Waals surface area contributed by atoms with Crippen LogP contribution < -0.4 is 5.32 Å². The van der Waals surface area contributed by atoms with Gasteiger partial charge in [0.15, 0.2) is 5.13 Å². The third-order valence-corrected chi connectivity index (χ3v) is 5.62. The largest absolute Gasteiger partial charge is 0.297 e. The van der Waals surface area contributed by atoms with Crippen LogP contribution in [0.25, 0.3) is 17.1 Å². The molecule has 1 amide bonds. The molecular formula is C24H19N5OS. The predicted molar refractivity (Wildman–Crippen MR) is 122 cm³/mol. The molecular weight excluding hydrogens is 406 g/mol. The van der Waals surface area contributed by atoms with Crippen molar-refractivity contribution in [2.45, 2.75) is 19.8 Å². The molecule has 0 saturated carbocycles. The van der Waals surface area contributed by atoms with E-state index >= 15 is 0 Å². The number of carbonyl (C=O) groups is 1. The fourth-order valence-corrected chi connectivity index (χ4v) is 3.88. The van der Waals surface area contributed by atoms with Gasteiger partial charge < -0.3 is 0 Å². The number of hydrogen-bond donors (Lipinski definition) is 1. The van der Waals surface area contributed by atoms with Gasteiger partial charge in [-0.05, 0) is 35.8 Å². The van der Waals surface area contributed by atoms with Gasteiger partial charge in [-0.15, -0.1) is 11.3 Å². The van der Waals surface area contributed by atoms with Crippen LogP contribution in [-0.4, -0.2) is 20.9 Å². The van der Waals surface area contributed by atoms with Crippen LogP contribution >= 0.6 is 11.3 Å². The van der Waals surface area contributed by atoms with Crippen LogP contribution in [0.1, 0.15) is 28.6 Å². The van der Waals surface area contributed by atoms with Crippen LogP contribution in [0.4, 0.5) is 5.13 Å². The number of benzene rings is 2. The van der Waals surface area contributed by atoms with E-state index in [2.05, 4.69) is 51.5 Å². The molecule has 0 saturated heterocycles. The molecule has 6 nitrogen and oxygen atoms in total. The number of hydrogen-bond acceptors (Lipinski definition) is 6. The van der Waals surface area contributed by atoms with E-state index in [-0.39, 0.29) is 5.57 Å². The molecule has 0 aliphatic rings. The Labute approximate surface area is 183 Å². The van der Waals surface area contributed by atoms with Crippen molar-refractivity contribution in [2.24, 2.45) is 0 Å². The van der Waals surface area contributed by atoms with E-state index in [1.165, 1.54) is 34.7 Å². The number of aromatic nitrogens is 3. The van der Waals surface area contributed by atoms with Crippen molar-refractivity contribution in [1.82, 2.24) is 15.0 Å². The molecule has 7 heteroatoms. The van der Waals surface area contributed by atoms with Crippen molar-refractivity contribution in [3.63, 3.8) is 0 Å². The summed E-state index contributed by atoms with van der Waals surface area (Å²) in [5.74, 6) is -0.523. The van der Waals surface area contributed by atoms with Gasteiger partial charge >= 0.3 is 0 Å². The van der Waals surface area contributed by atoms with Gasteiger partial charge in [-0.1, -0.05) is 43.3 Å². The van der Waals surface area contributed by atoms with Crippen molar-refractivity contribution in [2.75, 3.05) is 5.32 Å². The maximum atomic E-state index is 12.6. The summed E-state index contributed by atoms with van der Waals surface area (Å²) in [5.41, 5.74) is 4.32. The normalized spacial score (nSPS) is 11.3. The number of nitrogens with one attached hydrogen (secondary N) is 1. The van der Waals surface area contributed by atoms with Crippen molar-refractivity contribution in [1.29, 1.82) is 5.26 Å². The molecule has 2 aromatic carbocycles. The quantitative estimate of drug-likeness (QED) is 0.354. The molecule has 2 aromatic heterocycles. The number of nitriles is 1. The summed E-state index contributed by atoms with van der Waals surface area (Å²) in [7, 11) is 0. The molecule has 0 radical (unpaired) electrons. The van der Waals surface area contributed by atoms with Gasteiger partial charge in [0, 0.05) is 17.5 Å². The molecule has 0 aliphatic heterocycles. The zero-order valence-corrected chi connectivity index (χ0v) is 17.7. The van der Waals surface area contributed by atoms with Crippen molar-refractivity contribution in [3.05, 3.63) is 88.2 Å². The number of carbonyl (C=O) groups excluding carboxylic acids is 1. The molecule has 0 unspecified atom stereocenters. The summed E-state index contributed by atoms with van der Waals surface area (Å²) in [6.45, 7) is 2.13. The molecule has 0 fully saturated rings. The Balaban J connectivity index is 1.46. The van der Waals surface area contributed by atoms with E-state index in [1.54, 1.807) is 6.20 Å². The first-order chi connectivity index (χ1) is 15.1. The Hall–Kier alpha value is -3.89. The second-order valence-corrected chi connectivity index (χ2v) is 8.00. The number of aryl methyl sites for hydroxylation is 1. The summed E-state index contributed by atoms with van der Waals surface area (Å²) in [5, 5.41) is 12.6. The van der Waals surface area contributed by atoms with Crippen molar-refractivity contribution >= 4 is 39.5 Å². The second-order valence-electron chi connectivity index (χ2n) is 6.89. The number of rotatable bonds is 6. The van der Waals surface area contributed by atoms with Crippen LogP contribution in [0.3, 0.4) is 0 Å². The molecule has 0 aliphatic carbocycles. The fraction of sp³-hybridized carbons (Fsp3) is 0.125. The topological polar surface area (TPSA) is 91.6 Å². The minimum absolute atomic E-state index is 0.0588. The average Bonchev–Trinajstić information content (AvgIpc) is 3.24. The summed E-state index contributed by atoms with van der Waals surface area (Å²) in [6.07, 6.45) is 6.47. The summed E-state index contributed by atoms with van der Waals surface area (Å²) in [6, 6.07) is 17.8. The number of anilines is 1. The van der Waals surface area contributed by atoms with Crippen LogP contribution in [0.15, 0.2) is 66.5 Å². The van der Waals surface area contributed by atoms with Crippen LogP contribution in [0.2, 0.25) is 0 Å². The highest BCUT2D eigenvalue weighted by atomic mass is 32.1. The van der Waals surface area contributed by atoms with E-state index in [4.69, 9.17) is 0 Å². The van der Waals surface area contributed by atoms with E-state index in [1.807, 2.05) is 30.3 Å². The lowest BCUT2D eigenvalue weighted by Crippen LogP contribution is -2.13. The van der Waals surface area contributed by atoms with Crippen LogP contribution in [-0.2, 0) is 17.6 Å². The first kappa shape index (κ1) is 20.4. The number of thiazole rings is 1. The summed E-state index contributed by atoms with van der Waals surface area (Å²) in [4.78, 5) is 26.6. The zero-order valence-electron chi connectivity index (χ0n) is 16.9. The van der Waals surface area contributed by atoms with Crippen molar-refractivity contribution in [3.8, 4) is 6.07 Å². The number of fused-ring (bicyclic) bond motifs is 1. The predicted octanol–water partition coefficient (Wildman–Crippen LogP) is 4.79. The Morgan fingerprint density at radius 1 is 1.06 bits per heavy atom. The minimum atomic E-state index is -0.523. The van der Waals surface area contributed by atoms with E-state index < -0.39 is 5.91 Å². The van der Waals surface area contributed by atoms with Crippen molar-refractivity contribution < 1.29 is 4.79 Å². The molecule has 1 N–H and O–H groups in total. The number of para-hydroxylation sites is 2. The van der Waals surface area contributed by atoms with Crippen LogP contribution in [0.5, 0.6) is 0 Å². The first-order valence-corrected chi connectivity index (χ1v) is 10.6. The molecule has 31 heavy (non-hydrogen) atoms. The number of amides is 1. The SMILES string of the molecule is CCc1ccc(Cc2cnc(NC(=O)C(C#N)=Cc3cnc4ccccc4n3)s2)cc1. The Kier molecular flexibility index (Phi) is 6.11. The minimum Gasteiger partial charge on any atom is -0.297 e. The lowest BCUT2D eigenvalue weighted by atomic mass is 10.1. The average molecular weight is 426 g/mol. The zero-order chi connectivity index (χ0) is 21.6. The lowest BCUT2D eigenvalue weighted by Gasteiger charge is -2.02. The summed E-state index contributed by atoms with van der Waals surface area (Å²) >= 11 is 1.39. The van der Waals surface area contributed by atoms with E-state index in [0.717, 1.165) is 23.2 Å². The van der Waals surface area contributed by atoms with Gasteiger partial charge in [0.25, 0.3) is 5.91 Å². The molecule has 0 atom stereocenters. The molecule has 152 valence electrons. The van der Waals surface area contributed by atoms with E-state index in [0.29, 0.717) is 16.3 Å². The fourth-order valence-electron chi connectivity index (χ4n) is 3.04. The molecule has 0 spiro atoms. The van der Waals surface area contributed by atoms with Gasteiger partial charge in [-0.25, -0.2) is 9.97 Å². The smallest absolute Gasteiger partial charge is 0.268 e. The van der Waals surface area contributed by atoms with Gasteiger partial charge in [-0.3, -0.25) is 15.1 Å². The maximum Gasteiger partial charge on any atom is 0.268 e. The molecule has 4 aromatic rings. The third kappa shape index (κ3) is 5.00. The Morgan fingerprint density at radius 3 is 2.55 bits per heavy atom. The first-order valence-electron chi connectivity index (χ1n) is 9.82. The highest BCUT2D eigenvalue weighted by Gasteiger charge is 2.13. The highest BCUT2D eigenvalue weighted by molar-refractivity contribution is 7.15. The third-order valence-electron chi connectivity index (χ3n) is 4.71. The number of nitrogens with zero attached hydrogens (tertiary/aromatic N) is 4. The highest BCUT2D eigenvalue weighted by Crippen LogP contribution is 2.22. The lowest BCUT2D eigenvalue weighted by molar-refractivity contribution is -0.112. The van der Waals surface area contributed by atoms with Gasteiger partial charge in [0.1, 0.15) is 11.6 Å².